The van der Waals surface area contributed by atoms with Crippen LogP contribution in [0.25, 0.3) is 0 Å². The van der Waals surface area contributed by atoms with Gasteiger partial charge in [-0.1, -0.05) is 38.5 Å². The van der Waals surface area contributed by atoms with Crippen molar-refractivity contribution in [3.05, 3.63) is 18.7 Å². The monoisotopic (exact) mass is 274 g/mol. The highest BCUT2D eigenvalue weighted by molar-refractivity contribution is 5.42. The van der Waals surface area contributed by atoms with Crippen molar-refractivity contribution in [1.82, 2.24) is 9.97 Å². The molecular formula is C16H26N4. The third-order valence-electron chi connectivity index (χ3n) is 4.04. The Morgan fingerprint density at radius 1 is 0.850 bits per heavy atom. The summed E-state index contributed by atoms with van der Waals surface area (Å²) in [6, 6.07) is 4.04. The van der Waals surface area contributed by atoms with Crippen LogP contribution < -0.4 is 0 Å². The van der Waals surface area contributed by atoms with E-state index in [1.807, 2.05) is 0 Å². The summed E-state index contributed by atoms with van der Waals surface area (Å²) in [5.41, 5.74) is 0. The molecule has 2 aliphatic carbocycles. The van der Waals surface area contributed by atoms with Gasteiger partial charge in [0.1, 0.15) is 0 Å². The lowest BCUT2D eigenvalue weighted by molar-refractivity contribution is 0.438. The highest BCUT2D eigenvalue weighted by Gasteiger charge is 2.12. The van der Waals surface area contributed by atoms with Crippen molar-refractivity contribution in [3.8, 4) is 0 Å². The SMILES string of the molecule is C(=NC1CCCCC1)=NC1CCCCC1.c1c[nH]cn1. The predicted octanol–water partition coefficient (Wildman–Crippen LogP) is 4.24. The molecule has 110 valence electrons. The van der Waals surface area contributed by atoms with Crippen molar-refractivity contribution >= 4 is 6.01 Å². The molecule has 1 heterocycles. The highest BCUT2D eigenvalue weighted by atomic mass is 14.9. The number of nitrogens with zero attached hydrogens (tertiary/aromatic N) is 3. The van der Waals surface area contributed by atoms with Crippen LogP contribution in [0, 0.1) is 0 Å². The van der Waals surface area contributed by atoms with Crippen molar-refractivity contribution in [3.63, 3.8) is 0 Å². The second kappa shape index (κ2) is 9.49. The van der Waals surface area contributed by atoms with Gasteiger partial charge in [0.15, 0.2) is 0 Å². The van der Waals surface area contributed by atoms with Gasteiger partial charge in [0.25, 0.3) is 0 Å². The van der Waals surface area contributed by atoms with Crippen LogP contribution in [0.3, 0.4) is 0 Å². The van der Waals surface area contributed by atoms with Crippen LogP contribution >= 0.6 is 0 Å². The molecule has 1 aromatic heterocycles. The molecule has 1 N–H and O–H groups in total. The topological polar surface area (TPSA) is 53.4 Å². The predicted molar refractivity (Wildman–Crippen MR) is 82.2 cm³/mol. The fraction of sp³-hybridized carbons (Fsp3) is 0.750. The first-order valence-corrected chi connectivity index (χ1v) is 8.02. The van der Waals surface area contributed by atoms with Crippen LogP contribution in [-0.2, 0) is 0 Å². The fourth-order valence-electron chi connectivity index (χ4n) is 2.83. The van der Waals surface area contributed by atoms with E-state index in [9.17, 15) is 0 Å². The molecule has 20 heavy (non-hydrogen) atoms. The summed E-state index contributed by atoms with van der Waals surface area (Å²) < 4.78 is 0. The van der Waals surface area contributed by atoms with Crippen molar-refractivity contribution in [2.75, 3.05) is 0 Å². The Kier molecular flexibility index (Phi) is 7.11. The van der Waals surface area contributed by atoms with E-state index in [2.05, 4.69) is 26.0 Å². The average Bonchev–Trinajstić information content (AvgIpc) is 3.09. The number of aliphatic imine (C=N–C) groups is 2. The van der Waals surface area contributed by atoms with Gasteiger partial charge in [-0.25, -0.2) is 15.0 Å². The maximum atomic E-state index is 4.46. The number of hydrogen-bond acceptors (Lipinski definition) is 3. The molecule has 2 fully saturated rings. The molecule has 0 bridgehead atoms. The van der Waals surface area contributed by atoms with Crippen molar-refractivity contribution < 1.29 is 0 Å². The average molecular weight is 274 g/mol. The maximum Gasteiger partial charge on any atom is 0.0919 e. The lowest BCUT2D eigenvalue weighted by atomic mass is 9.96. The zero-order chi connectivity index (χ0) is 13.9. The standard InChI is InChI=1S/C13H22N2.C3H4N2/c1-3-7-12(8-4-1)14-11-15-13-9-5-2-6-10-13;1-2-5-3-4-1/h12-13H,1-10H2;1-3H,(H,4,5). The zero-order valence-corrected chi connectivity index (χ0v) is 12.3. The van der Waals surface area contributed by atoms with E-state index in [1.165, 1.54) is 64.2 Å². The summed E-state index contributed by atoms with van der Waals surface area (Å²) in [5.74, 6) is 0. The van der Waals surface area contributed by atoms with Crippen LogP contribution in [0.4, 0.5) is 0 Å². The third-order valence-corrected chi connectivity index (χ3v) is 4.04. The van der Waals surface area contributed by atoms with Crippen LogP contribution in [-0.4, -0.2) is 28.1 Å². The zero-order valence-electron chi connectivity index (χ0n) is 12.3. The highest BCUT2D eigenvalue weighted by Crippen LogP contribution is 2.21. The van der Waals surface area contributed by atoms with Gasteiger partial charge in [-0.3, -0.25) is 0 Å². The van der Waals surface area contributed by atoms with Crippen molar-refractivity contribution in [2.24, 2.45) is 9.98 Å². The molecule has 0 radical (unpaired) electrons. The first-order valence-electron chi connectivity index (χ1n) is 8.02. The molecular weight excluding hydrogens is 248 g/mol. The van der Waals surface area contributed by atoms with Gasteiger partial charge in [-0.2, -0.15) is 0 Å². The van der Waals surface area contributed by atoms with Crippen molar-refractivity contribution in [1.29, 1.82) is 0 Å². The number of aromatic nitrogens is 2. The maximum absolute atomic E-state index is 4.46. The number of rotatable bonds is 2. The summed E-state index contributed by atoms with van der Waals surface area (Å²) in [7, 11) is 0. The van der Waals surface area contributed by atoms with E-state index in [1.54, 1.807) is 18.7 Å². The molecule has 2 saturated carbocycles. The summed E-state index contributed by atoms with van der Waals surface area (Å²) in [5, 5.41) is 0. The molecule has 3 rings (SSSR count). The smallest absolute Gasteiger partial charge is 0.0919 e. The van der Waals surface area contributed by atoms with Gasteiger partial charge < -0.3 is 4.98 Å². The lowest BCUT2D eigenvalue weighted by Gasteiger charge is -2.17. The van der Waals surface area contributed by atoms with Crippen LogP contribution in [0.2, 0.25) is 0 Å². The largest absolute Gasteiger partial charge is 0.351 e. The number of nitrogens with one attached hydrogen (secondary N) is 1. The van der Waals surface area contributed by atoms with E-state index in [0.29, 0.717) is 12.1 Å². The molecule has 1 aromatic rings. The molecule has 2 aliphatic rings. The second-order valence-electron chi connectivity index (χ2n) is 5.70. The molecule has 0 saturated heterocycles. The van der Waals surface area contributed by atoms with E-state index < -0.39 is 0 Å². The molecule has 0 aromatic carbocycles. The van der Waals surface area contributed by atoms with Crippen LogP contribution in [0.15, 0.2) is 28.7 Å². The van der Waals surface area contributed by atoms with E-state index in [0.717, 1.165) is 0 Å². The Balaban J connectivity index is 0.000000247. The summed E-state index contributed by atoms with van der Waals surface area (Å²) in [4.78, 5) is 15.3. The first-order chi connectivity index (χ1) is 9.95. The van der Waals surface area contributed by atoms with Gasteiger partial charge in [0.05, 0.1) is 24.4 Å². The Hall–Kier alpha value is -1.41. The fourth-order valence-corrected chi connectivity index (χ4v) is 2.83. The summed E-state index contributed by atoms with van der Waals surface area (Å²) in [6.45, 7) is 0. The van der Waals surface area contributed by atoms with E-state index in [4.69, 9.17) is 0 Å². The molecule has 4 heteroatoms. The minimum absolute atomic E-state index is 0.533. The minimum atomic E-state index is 0.533. The molecule has 0 amide bonds. The minimum Gasteiger partial charge on any atom is -0.351 e. The quantitative estimate of drug-likeness (QED) is 0.806. The molecule has 0 aliphatic heterocycles. The second-order valence-corrected chi connectivity index (χ2v) is 5.70. The van der Waals surface area contributed by atoms with Gasteiger partial charge in [0.2, 0.25) is 0 Å². The Bertz CT molecular complexity index is 341. The van der Waals surface area contributed by atoms with Gasteiger partial charge in [-0.05, 0) is 25.7 Å². The molecule has 0 unspecified atom stereocenters. The molecule has 0 spiro atoms. The van der Waals surface area contributed by atoms with Gasteiger partial charge in [0, 0.05) is 12.4 Å². The van der Waals surface area contributed by atoms with Crippen LogP contribution in [0.5, 0.6) is 0 Å². The first kappa shape index (κ1) is 15.0. The summed E-state index contributed by atoms with van der Waals surface area (Å²) >= 11 is 0. The van der Waals surface area contributed by atoms with Gasteiger partial charge >= 0.3 is 0 Å². The molecule has 0 atom stereocenters. The Labute approximate surface area is 121 Å². The normalized spacial score (nSPS) is 20.4. The number of imidazole rings is 1. The molecule has 4 nitrogen and oxygen atoms in total. The van der Waals surface area contributed by atoms with Gasteiger partial charge in [-0.15, -0.1) is 0 Å². The van der Waals surface area contributed by atoms with E-state index >= 15 is 0 Å². The number of H-pyrrole nitrogens is 1. The number of hydrogen-bond donors (Lipinski definition) is 1. The summed E-state index contributed by atoms with van der Waals surface area (Å²) in [6.07, 6.45) is 18.3. The third kappa shape index (κ3) is 6.16. The Morgan fingerprint density at radius 2 is 1.40 bits per heavy atom. The van der Waals surface area contributed by atoms with Crippen LogP contribution in [0.1, 0.15) is 64.2 Å². The van der Waals surface area contributed by atoms with Crippen molar-refractivity contribution in [2.45, 2.75) is 76.3 Å². The number of aromatic amines is 1. The van der Waals surface area contributed by atoms with E-state index in [-0.39, 0.29) is 0 Å². The Morgan fingerprint density at radius 3 is 1.75 bits per heavy atom. The lowest BCUT2D eigenvalue weighted by Crippen LogP contribution is -2.10.